The lowest BCUT2D eigenvalue weighted by atomic mass is 9.68. The van der Waals surface area contributed by atoms with Crippen molar-refractivity contribution in [2.75, 3.05) is 13.2 Å². The van der Waals surface area contributed by atoms with Gasteiger partial charge in [-0.2, -0.15) is 5.26 Å². The Hall–Kier alpha value is -0.590. The summed E-state index contributed by atoms with van der Waals surface area (Å²) in [4.78, 5) is 0. The molecule has 2 unspecified atom stereocenters. The van der Waals surface area contributed by atoms with Crippen molar-refractivity contribution in [1.29, 1.82) is 5.26 Å². The summed E-state index contributed by atoms with van der Waals surface area (Å²) in [6.45, 7) is 1.37. The van der Waals surface area contributed by atoms with E-state index in [0.717, 1.165) is 38.7 Å². The van der Waals surface area contributed by atoms with Gasteiger partial charge >= 0.3 is 0 Å². The molecule has 0 spiro atoms. The van der Waals surface area contributed by atoms with Crippen LogP contribution in [0.15, 0.2) is 0 Å². The van der Waals surface area contributed by atoms with Crippen LogP contribution < -0.4 is 0 Å². The van der Waals surface area contributed by atoms with Gasteiger partial charge in [-0.15, -0.1) is 0 Å². The van der Waals surface area contributed by atoms with Crippen LogP contribution in [0.5, 0.6) is 0 Å². The third kappa shape index (κ3) is 2.02. The first-order valence-electron chi connectivity index (χ1n) is 5.95. The molecule has 15 heavy (non-hydrogen) atoms. The van der Waals surface area contributed by atoms with Gasteiger partial charge in [0.05, 0.1) is 24.2 Å². The van der Waals surface area contributed by atoms with Gasteiger partial charge in [-0.05, 0) is 19.3 Å². The zero-order valence-corrected chi connectivity index (χ0v) is 9.11. The minimum absolute atomic E-state index is 0.183. The molecule has 0 amide bonds. The second-order valence-corrected chi connectivity index (χ2v) is 4.90. The Kier molecular flexibility index (Phi) is 3.28. The predicted octanol–water partition coefficient (Wildman–Crippen LogP) is 1.86. The van der Waals surface area contributed by atoms with Crippen molar-refractivity contribution in [3.05, 3.63) is 0 Å². The fourth-order valence-electron chi connectivity index (χ4n) is 2.91. The number of aliphatic hydroxyl groups excluding tert-OH is 1. The molecule has 1 aliphatic heterocycles. The molecule has 1 saturated heterocycles. The summed E-state index contributed by atoms with van der Waals surface area (Å²) in [7, 11) is 0. The SMILES string of the molecule is N#CC1(C(O)C2CCOC2)CCCCC1. The van der Waals surface area contributed by atoms with Crippen LogP contribution in [-0.2, 0) is 4.74 Å². The Balaban J connectivity index is 2.07. The Morgan fingerprint density at radius 3 is 2.60 bits per heavy atom. The van der Waals surface area contributed by atoms with Crippen molar-refractivity contribution >= 4 is 0 Å². The van der Waals surface area contributed by atoms with Crippen LogP contribution in [-0.4, -0.2) is 24.4 Å². The molecule has 1 aliphatic carbocycles. The Morgan fingerprint density at radius 1 is 1.33 bits per heavy atom. The summed E-state index contributed by atoms with van der Waals surface area (Å²) in [6.07, 6.45) is 5.52. The van der Waals surface area contributed by atoms with E-state index in [1.54, 1.807) is 0 Å². The highest BCUT2D eigenvalue weighted by Crippen LogP contribution is 2.42. The van der Waals surface area contributed by atoms with Gasteiger partial charge in [0.25, 0.3) is 0 Å². The molecule has 2 atom stereocenters. The molecular weight excluding hydrogens is 190 g/mol. The van der Waals surface area contributed by atoms with Gasteiger partial charge in [-0.25, -0.2) is 0 Å². The molecule has 1 N–H and O–H groups in total. The first-order chi connectivity index (χ1) is 7.28. The van der Waals surface area contributed by atoms with E-state index in [-0.39, 0.29) is 5.92 Å². The fraction of sp³-hybridized carbons (Fsp3) is 0.917. The second kappa shape index (κ2) is 4.51. The average Bonchev–Trinajstić information content (AvgIpc) is 2.82. The minimum Gasteiger partial charge on any atom is -0.391 e. The molecule has 0 aromatic carbocycles. The Morgan fingerprint density at radius 2 is 2.07 bits per heavy atom. The zero-order valence-electron chi connectivity index (χ0n) is 9.11. The van der Waals surface area contributed by atoms with Crippen LogP contribution >= 0.6 is 0 Å². The van der Waals surface area contributed by atoms with Gasteiger partial charge in [0.1, 0.15) is 0 Å². The lowest BCUT2D eigenvalue weighted by Gasteiger charge is -2.37. The van der Waals surface area contributed by atoms with Crippen molar-refractivity contribution in [1.82, 2.24) is 0 Å². The normalized spacial score (nSPS) is 32.1. The van der Waals surface area contributed by atoms with Gasteiger partial charge in [-0.1, -0.05) is 19.3 Å². The van der Waals surface area contributed by atoms with E-state index >= 15 is 0 Å². The summed E-state index contributed by atoms with van der Waals surface area (Å²) >= 11 is 0. The molecule has 0 aromatic rings. The van der Waals surface area contributed by atoms with E-state index in [4.69, 9.17) is 4.74 Å². The van der Waals surface area contributed by atoms with E-state index < -0.39 is 11.5 Å². The van der Waals surface area contributed by atoms with Crippen molar-refractivity contribution in [2.45, 2.75) is 44.6 Å². The topological polar surface area (TPSA) is 53.2 Å². The predicted molar refractivity (Wildman–Crippen MR) is 56.1 cm³/mol. The quantitative estimate of drug-likeness (QED) is 0.755. The molecule has 0 bridgehead atoms. The number of hydrogen-bond acceptors (Lipinski definition) is 3. The maximum absolute atomic E-state index is 10.3. The molecule has 3 nitrogen and oxygen atoms in total. The molecular formula is C12H19NO2. The third-order valence-corrected chi connectivity index (χ3v) is 3.95. The highest BCUT2D eigenvalue weighted by Gasteiger charge is 2.44. The van der Waals surface area contributed by atoms with E-state index in [0.29, 0.717) is 6.61 Å². The number of ether oxygens (including phenoxy) is 1. The number of nitriles is 1. The number of rotatable bonds is 2. The van der Waals surface area contributed by atoms with Crippen LogP contribution in [0.3, 0.4) is 0 Å². The van der Waals surface area contributed by atoms with Crippen LogP contribution in [0.2, 0.25) is 0 Å². The number of nitrogens with zero attached hydrogens (tertiary/aromatic N) is 1. The number of aliphatic hydroxyl groups is 1. The monoisotopic (exact) mass is 209 g/mol. The smallest absolute Gasteiger partial charge is 0.0835 e. The molecule has 1 saturated carbocycles. The van der Waals surface area contributed by atoms with Crippen LogP contribution in [0.1, 0.15) is 38.5 Å². The lowest BCUT2D eigenvalue weighted by Crippen LogP contribution is -2.41. The van der Waals surface area contributed by atoms with Crippen LogP contribution in [0, 0.1) is 22.7 Å². The average molecular weight is 209 g/mol. The van der Waals surface area contributed by atoms with Gasteiger partial charge in [0.15, 0.2) is 0 Å². The summed E-state index contributed by atoms with van der Waals surface area (Å²) in [6, 6.07) is 2.39. The third-order valence-electron chi connectivity index (χ3n) is 3.95. The van der Waals surface area contributed by atoms with Gasteiger partial charge in [-0.3, -0.25) is 0 Å². The Bertz CT molecular complexity index is 247. The molecule has 0 radical (unpaired) electrons. The van der Waals surface area contributed by atoms with Crippen LogP contribution in [0.4, 0.5) is 0 Å². The van der Waals surface area contributed by atoms with E-state index in [1.807, 2.05) is 0 Å². The molecule has 0 aromatic heterocycles. The first kappa shape index (κ1) is 10.9. The highest BCUT2D eigenvalue weighted by molar-refractivity contribution is 5.06. The molecule has 84 valence electrons. The molecule has 3 heteroatoms. The zero-order chi connectivity index (χ0) is 10.7. The van der Waals surface area contributed by atoms with Gasteiger partial charge in [0.2, 0.25) is 0 Å². The van der Waals surface area contributed by atoms with Gasteiger partial charge in [0, 0.05) is 12.5 Å². The maximum Gasteiger partial charge on any atom is 0.0835 e. The lowest BCUT2D eigenvalue weighted by molar-refractivity contribution is -0.0103. The summed E-state index contributed by atoms with van der Waals surface area (Å²) in [5.41, 5.74) is -0.476. The van der Waals surface area contributed by atoms with Crippen molar-refractivity contribution in [3.8, 4) is 6.07 Å². The van der Waals surface area contributed by atoms with E-state index in [9.17, 15) is 10.4 Å². The Labute approximate surface area is 91.0 Å². The standard InChI is InChI=1S/C12H19NO2/c13-9-12(5-2-1-3-6-12)11(14)10-4-7-15-8-10/h10-11,14H,1-8H2. The highest BCUT2D eigenvalue weighted by atomic mass is 16.5. The minimum atomic E-state index is -0.481. The summed E-state index contributed by atoms with van der Waals surface area (Å²) < 4.78 is 5.29. The van der Waals surface area contributed by atoms with E-state index in [1.165, 1.54) is 6.42 Å². The summed E-state index contributed by atoms with van der Waals surface area (Å²) in [5.74, 6) is 0.183. The van der Waals surface area contributed by atoms with Crippen molar-refractivity contribution in [2.24, 2.45) is 11.3 Å². The van der Waals surface area contributed by atoms with Crippen molar-refractivity contribution in [3.63, 3.8) is 0 Å². The second-order valence-electron chi connectivity index (χ2n) is 4.90. The number of hydrogen-bond donors (Lipinski definition) is 1. The summed E-state index contributed by atoms with van der Waals surface area (Å²) in [5, 5.41) is 19.6. The van der Waals surface area contributed by atoms with E-state index in [2.05, 4.69) is 6.07 Å². The largest absolute Gasteiger partial charge is 0.391 e. The van der Waals surface area contributed by atoms with Crippen molar-refractivity contribution < 1.29 is 9.84 Å². The fourth-order valence-corrected chi connectivity index (χ4v) is 2.91. The van der Waals surface area contributed by atoms with Crippen LogP contribution in [0.25, 0.3) is 0 Å². The molecule has 2 rings (SSSR count). The van der Waals surface area contributed by atoms with Gasteiger partial charge < -0.3 is 9.84 Å². The molecule has 2 fully saturated rings. The molecule has 2 aliphatic rings. The molecule has 1 heterocycles. The first-order valence-corrected chi connectivity index (χ1v) is 5.95. The maximum atomic E-state index is 10.3.